The first-order chi connectivity index (χ1) is 16.0. The standard InChI is InChI=1S/C25H24N4O4/c1-15-11-22(27-24-23(15)16(2)28-29(24)19-7-5-4-6-8-19)33-17(3)25(30)26-13-18-9-10-20-21(12-18)32-14-31-20/h4-12,17H,13-14H2,1-3H3,(H,26,30). The van der Waals surface area contributed by atoms with E-state index < -0.39 is 6.10 Å². The molecule has 0 aliphatic carbocycles. The van der Waals surface area contributed by atoms with Crippen LogP contribution in [0.4, 0.5) is 0 Å². The quantitative estimate of drug-likeness (QED) is 0.486. The molecule has 2 aromatic carbocycles. The van der Waals surface area contributed by atoms with E-state index in [1.54, 1.807) is 11.6 Å². The van der Waals surface area contributed by atoms with Crippen LogP contribution in [0.5, 0.6) is 17.4 Å². The van der Waals surface area contributed by atoms with Gasteiger partial charge in [-0.2, -0.15) is 10.1 Å². The highest BCUT2D eigenvalue weighted by Gasteiger charge is 2.19. The van der Waals surface area contributed by atoms with Crippen LogP contribution in [0, 0.1) is 13.8 Å². The molecule has 0 spiro atoms. The average molecular weight is 444 g/mol. The van der Waals surface area contributed by atoms with Gasteiger partial charge in [-0.3, -0.25) is 4.79 Å². The summed E-state index contributed by atoms with van der Waals surface area (Å²) >= 11 is 0. The summed E-state index contributed by atoms with van der Waals surface area (Å²) in [6.45, 7) is 6.23. The maximum Gasteiger partial charge on any atom is 0.261 e. The lowest BCUT2D eigenvalue weighted by atomic mass is 10.1. The molecule has 3 heterocycles. The van der Waals surface area contributed by atoms with Crippen molar-refractivity contribution in [3.05, 3.63) is 71.4 Å². The van der Waals surface area contributed by atoms with E-state index in [1.807, 2.05) is 68.4 Å². The summed E-state index contributed by atoms with van der Waals surface area (Å²) in [6.07, 6.45) is -0.724. The second-order valence-corrected chi connectivity index (χ2v) is 7.97. The molecule has 1 aliphatic heterocycles. The summed E-state index contributed by atoms with van der Waals surface area (Å²) in [6, 6.07) is 17.3. The SMILES string of the molecule is Cc1cc(OC(C)C(=O)NCc2ccc3c(c2)OCO3)nc2c1c(C)nn2-c1ccccc1. The molecular weight excluding hydrogens is 420 g/mol. The summed E-state index contributed by atoms with van der Waals surface area (Å²) in [4.78, 5) is 17.3. The number of benzene rings is 2. The molecule has 4 aromatic rings. The molecule has 33 heavy (non-hydrogen) atoms. The first kappa shape index (κ1) is 20.8. The van der Waals surface area contributed by atoms with Crippen LogP contribution in [0.2, 0.25) is 0 Å². The number of para-hydroxylation sites is 1. The Morgan fingerprint density at radius 2 is 1.91 bits per heavy atom. The zero-order valence-electron chi connectivity index (χ0n) is 18.7. The molecule has 0 bridgehead atoms. The van der Waals surface area contributed by atoms with Crippen molar-refractivity contribution >= 4 is 16.9 Å². The number of hydrogen-bond acceptors (Lipinski definition) is 6. The van der Waals surface area contributed by atoms with E-state index in [1.165, 1.54) is 0 Å². The highest BCUT2D eigenvalue weighted by Crippen LogP contribution is 2.32. The highest BCUT2D eigenvalue weighted by molar-refractivity contribution is 5.84. The summed E-state index contributed by atoms with van der Waals surface area (Å²) in [7, 11) is 0. The van der Waals surface area contributed by atoms with Gasteiger partial charge < -0.3 is 19.5 Å². The Morgan fingerprint density at radius 3 is 2.73 bits per heavy atom. The van der Waals surface area contributed by atoms with Crippen LogP contribution < -0.4 is 19.5 Å². The number of aromatic nitrogens is 3. The van der Waals surface area contributed by atoms with Gasteiger partial charge in [-0.25, -0.2) is 4.68 Å². The van der Waals surface area contributed by atoms with Gasteiger partial charge >= 0.3 is 0 Å². The van der Waals surface area contributed by atoms with E-state index in [4.69, 9.17) is 14.2 Å². The molecule has 1 unspecified atom stereocenters. The maximum atomic E-state index is 12.7. The van der Waals surface area contributed by atoms with Crippen molar-refractivity contribution in [1.82, 2.24) is 20.1 Å². The fourth-order valence-electron chi connectivity index (χ4n) is 3.90. The fraction of sp³-hybridized carbons (Fsp3) is 0.240. The molecule has 0 saturated carbocycles. The first-order valence-corrected chi connectivity index (χ1v) is 10.7. The Labute approximate surface area is 191 Å². The minimum atomic E-state index is -0.724. The molecular formula is C25H24N4O4. The highest BCUT2D eigenvalue weighted by atomic mass is 16.7. The Hall–Kier alpha value is -4.07. The van der Waals surface area contributed by atoms with Crippen LogP contribution in [-0.4, -0.2) is 33.6 Å². The number of hydrogen-bond donors (Lipinski definition) is 1. The molecule has 0 saturated heterocycles. The van der Waals surface area contributed by atoms with Crippen LogP contribution >= 0.6 is 0 Å². The van der Waals surface area contributed by atoms with Crippen molar-refractivity contribution in [3.8, 4) is 23.1 Å². The smallest absolute Gasteiger partial charge is 0.261 e. The average Bonchev–Trinajstić information content (AvgIpc) is 3.42. The Morgan fingerprint density at radius 1 is 1.12 bits per heavy atom. The minimum absolute atomic E-state index is 0.218. The Balaban J connectivity index is 1.32. The van der Waals surface area contributed by atoms with Crippen LogP contribution in [-0.2, 0) is 11.3 Å². The second kappa shape index (κ2) is 8.46. The zero-order valence-corrected chi connectivity index (χ0v) is 18.7. The topological polar surface area (TPSA) is 87.5 Å². The predicted octanol–water partition coefficient (Wildman–Crippen LogP) is 3.85. The zero-order chi connectivity index (χ0) is 22.9. The molecule has 8 nitrogen and oxygen atoms in total. The number of aryl methyl sites for hydroxylation is 2. The molecule has 1 N–H and O–H groups in total. The number of nitrogens with zero attached hydrogens (tertiary/aromatic N) is 3. The molecule has 1 amide bonds. The van der Waals surface area contributed by atoms with Gasteiger partial charge in [0.05, 0.1) is 11.4 Å². The molecule has 0 radical (unpaired) electrons. The van der Waals surface area contributed by atoms with Gasteiger partial charge in [0.1, 0.15) is 0 Å². The van der Waals surface area contributed by atoms with E-state index >= 15 is 0 Å². The summed E-state index contributed by atoms with van der Waals surface area (Å²) in [5.74, 6) is 1.54. The van der Waals surface area contributed by atoms with Crippen molar-refractivity contribution in [2.24, 2.45) is 0 Å². The third-order valence-electron chi connectivity index (χ3n) is 5.56. The third-order valence-corrected chi connectivity index (χ3v) is 5.56. The van der Waals surface area contributed by atoms with Crippen molar-refractivity contribution in [2.45, 2.75) is 33.4 Å². The first-order valence-electron chi connectivity index (χ1n) is 10.7. The van der Waals surface area contributed by atoms with Gasteiger partial charge in [0.25, 0.3) is 5.91 Å². The van der Waals surface area contributed by atoms with Crippen LogP contribution in [0.15, 0.2) is 54.6 Å². The van der Waals surface area contributed by atoms with Crippen molar-refractivity contribution in [3.63, 3.8) is 0 Å². The van der Waals surface area contributed by atoms with Crippen LogP contribution in [0.3, 0.4) is 0 Å². The number of amides is 1. The molecule has 0 fully saturated rings. The van der Waals surface area contributed by atoms with E-state index in [0.29, 0.717) is 29.6 Å². The van der Waals surface area contributed by atoms with Gasteiger partial charge in [0.2, 0.25) is 12.7 Å². The van der Waals surface area contributed by atoms with Gasteiger partial charge in [0, 0.05) is 18.0 Å². The summed E-state index contributed by atoms with van der Waals surface area (Å²) in [5.41, 5.74) is 4.40. The normalized spacial score (nSPS) is 13.2. The molecule has 2 aromatic heterocycles. The van der Waals surface area contributed by atoms with Gasteiger partial charge in [-0.1, -0.05) is 24.3 Å². The molecule has 1 atom stereocenters. The lowest BCUT2D eigenvalue weighted by Crippen LogP contribution is -2.36. The van der Waals surface area contributed by atoms with Crippen LogP contribution in [0.25, 0.3) is 16.7 Å². The number of pyridine rings is 1. The molecule has 5 rings (SSSR count). The lowest BCUT2D eigenvalue weighted by Gasteiger charge is -2.15. The molecule has 8 heteroatoms. The van der Waals surface area contributed by atoms with E-state index in [0.717, 1.165) is 27.9 Å². The van der Waals surface area contributed by atoms with Crippen molar-refractivity contribution in [2.75, 3.05) is 6.79 Å². The molecule has 1 aliphatic rings. The summed E-state index contributed by atoms with van der Waals surface area (Å²) < 4.78 is 18.4. The number of fused-ring (bicyclic) bond motifs is 2. The minimum Gasteiger partial charge on any atom is -0.464 e. The largest absolute Gasteiger partial charge is 0.464 e. The van der Waals surface area contributed by atoms with Gasteiger partial charge in [-0.05, 0) is 56.2 Å². The Bertz CT molecular complexity index is 1330. The maximum absolute atomic E-state index is 12.7. The van der Waals surface area contributed by atoms with Crippen molar-refractivity contribution < 1.29 is 19.0 Å². The van der Waals surface area contributed by atoms with Crippen molar-refractivity contribution in [1.29, 1.82) is 0 Å². The van der Waals surface area contributed by atoms with E-state index in [9.17, 15) is 4.79 Å². The number of ether oxygens (including phenoxy) is 3. The number of carbonyl (C=O) groups is 1. The Kier molecular flexibility index (Phi) is 5.34. The third kappa shape index (κ3) is 4.07. The number of nitrogens with one attached hydrogen (secondary N) is 1. The van der Waals surface area contributed by atoms with Gasteiger partial charge in [-0.15, -0.1) is 0 Å². The summed E-state index contributed by atoms with van der Waals surface area (Å²) in [5, 5.41) is 8.54. The fourth-order valence-corrected chi connectivity index (χ4v) is 3.90. The number of rotatable bonds is 6. The van der Waals surface area contributed by atoms with E-state index in [2.05, 4.69) is 15.4 Å². The molecule has 168 valence electrons. The lowest BCUT2D eigenvalue weighted by molar-refractivity contribution is -0.127. The van der Waals surface area contributed by atoms with E-state index in [-0.39, 0.29) is 12.7 Å². The predicted molar refractivity (Wildman–Crippen MR) is 123 cm³/mol. The number of carbonyl (C=O) groups excluding carboxylic acids is 1. The van der Waals surface area contributed by atoms with Gasteiger partial charge in [0.15, 0.2) is 23.3 Å². The second-order valence-electron chi connectivity index (χ2n) is 7.97. The van der Waals surface area contributed by atoms with Crippen LogP contribution in [0.1, 0.15) is 23.7 Å². The monoisotopic (exact) mass is 444 g/mol.